The van der Waals surface area contributed by atoms with Gasteiger partial charge in [-0.3, -0.25) is 4.79 Å². The third-order valence-corrected chi connectivity index (χ3v) is 2.93. The molecule has 0 bridgehead atoms. The van der Waals surface area contributed by atoms with Crippen LogP contribution in [0.25, 0.3) is 0 Å². The first-order chi connectivity index (χ1) is 8.13. The molecule has 0 heterocycles. The molecule has 1 aromatic rings. The Labute approximate surface area is 123 Å². The summed E-state index contributed by atoms with van der Waals surface area (Å²) in [5.74, 6) is 0.0180. The number of amides is 1. The van der Waals surface area contributed by atoms with Crippen LogP contribution in [0.5, 0.6) is 0 Å². The van der Waals surface area contributed by atoms with Crippen LogP contribution in [0.15, 0.2) is 18.2 Å². The largest absolute Gasteiger partial charge is 0.356 e. The maximum atomic E-state index is 11.4. The highest BCUT2D eigenvalue weighted by molar-refractivity contribution is 6.35. The van der Waals surface area contributed by atoms with E-state index in [1.165, 1.54) is 0 Å². The molecule has 3 N–H and O–H groups in total. The molecule has 0 saturated heterocycles. The zero-order valence-electron chi connectivity index (χ0n) is 9.92. The van der Waals surface area contributed by atoms with Gasteiger partial charge in [-0.2, -0.15) is 0 Å². The topological polar surface area (TPSA) is 55.1 Å². The van der Waals surface area contributed by atoms with Gasteiger partial charge in [0.15, 0.2) is 0 Å². The summed E-state index contributed by atoms with van der Waals surface area (Å²) in [6.45, 7) is 1.22. The normalized spacial score (nSPS) is 9.72. The Kier molecular flexibility index (Phi) is 9.20. The third kappa shape index (κ3) is 6.45. The van der Waals surface area contributed by atoms with Gasteiger partial charge in [0.25, 0.3) is 0 Å². The number of benzene rings is 1. The van der Waals surface area contributed by atoms with Gasteiger partial charge >= 0.3 is 0 Å². The zero-order valence-corrected chi connectivity index (χ0v) is 12.2. The second-order valence-corrected chi connectivity index (χ2v) is 4.57. The number of nitrogens with two attached hydrogens (primary N) is 1. The maximum absolute atomic E-state index is 11.4. The van der Waals surface area contributed by atoms with E-state index >= 15 is 0 Å². The van der Waals surface area contributed by atoms with Crippen LogP contribution in [0.2, 0.25) is 10.0 Å². The van der Waals surface area contributed by atoms with E-state index < -0.39 is 0 Å². The van der Waals surface area contributed by atoms with Gasteiger partial charge in [-0.15, -0.1) is 12.4 Å². The highest BCUT2D eigenvalue weighted by Gasteiger charge is 2.05. The predicted molar refractivity (Wildman–Crippen MR) is 78.7 cm³/mol. The van der Waals surface area contributed by atoms with Crippen LogP contribution < -0.4 is 11.1 Å². The first-order valence-electron chi connectivity index (χ1n) is 5.54. The molecule has 0 aromatic heterocycles. The van der Waals surface area contributed by atoms with E-state index in [0.29, 0.717) is 36.0 Å². The molecule has 18 heavy (non-hydrogen) atoms. The molecule has 0 aliphatic rings. The van der Waals surface area contributed by atoms with E-state index in [1.54, 1.807) is 12.1 Å². The molecule has 6 heteroatoms. The van der Waals surface area contributed by atoms with Crippen molar-refractivity contribution in [1.29, 1.82) is 0 Å². The second kappa shape index (κ2) is 9.45. The number of rotatable bonds is 6. The lowest BCUT2D eigenvalue weighted by Gasteiger charge is -2.06. The molecule has 1 aromatic carbocycles. The highest BCUT2D eigenvalue weighted by Crippen LogP contribution is 2.21. The van der Waals surface area contributed by atoms with E-state index in [1.807, 2.05) is 6.07 Å². The van der Waals surface area contributed by atoms with Crippen LogP contribution in [-0.4, -0.2) is 19.0 Å². The van der Waals surface area contributed by atoms with Crippen molar-refractivity contribution in [1.82, 2.24) is 5.32 Å². The summed E-state index contributed by atoms with van der Waals surface area (Å²) in [6, 6.07) is 5.30. The quantitative estimate of drug-likeness (QED) is 0.794. The molecule has 0 fully saturated rings. The highest BCUT2D eigenvalue weighted by atomic mass is 35.5. The Balaban J connectivity index is 0.00000289. The van der Waals surface area contributed by atoms with Crippen molar-refractivity contribution in [2.45, 2.75) is 19.3 Å². The number of halogens is 3. The van der Waals surface area contributed by atoms with Crippen LogP contribution in [0.4, 0.5) is 0 Å². The van der Waals surface area contributed by atoms with Gasteiger partial charge in [0.2, 0.25) is 5.91 Å². The molecule has 0 atom stereocenters. The number of aryl methyl sites for hydroxylation is 1. The average Bonchev–Trinajstić information content (AvgIpc) is 2.28. The number of carbonyl (C=O) groups is 1. The van der Waals surface area contributed by atoms with Crippen molar-refractivity contribution in [2.75, 3.05) is 13.1 Å². The Hall–Kier alpha value is -0.480. The monoisotopic (exact) mass is 310 g/mol. The lowest BCUT2D eigenvalue weighted by molar-refractivity contribution is -0.121. The number of carbonyl (C=O) groups excluding carboxylic acids is 1. The predicted octanol–water partition coefficient (Wildman–Crippen LogP) is 2.81. The van der Waals surface area contributed by atoms with Gasteiger partial charge in [0, 0.05) is 23.0 Å². The fourth-order valence-corrected chi connectivity index (χ4v) is 1.89. The fraction of sp³-hybridized carbons (Fsp3) is 0.417. The molecule has 1 rings (SSSR count). The van der Waals surface area contributed by atoms with Crippen molar-refractivity contribution >= 4 is 41.5 Å². The van der Waals surface area contributed by atoms with E-state index in [2.05, 4.69) is 5.32 Å². The molecule has 1 amide bonds. The van der Waals surface area contributed by atoms with Crippen LogP contribution in [-0.2, 0) is 11.2 Å². The SMILES string of the molecule is Cl.NCCCNC(=O)CCc1ccc(Cl)cc1Cl. The van der Waals surface area contributed by atoms with Crippen LogP contribution in [0.1, 0.15) is 18.4 Å². The Morgan fingerprint density at radius 3 is 2.67 bits per heavy atom. The lowest BCUT2D eigenvalue weighted by Crippen LogP contribution is -2.26. The maximum Gasteiger partial charge on any atom is 0.220 e. The van der Waals surface area contributed by atoms with E-state index in [-0.39, 0.29) is 18.3 Å². The van der Waals surface area contributed by atoms with Gasteiger partial charge in [-0.05, 0) is 37.1 Å². The molecule has 0 radical (unpaired) electrons. The second-order valence-electron chi connectivity index (χ2n) is 3.73. The zero-order chi connectivity index (χ0) is 12.7. The standard InChI is InChI=1S/C12H16Cl2N2O.ClH/c13-10-4-2-9(11(14)8-10)3-5-12(17)16-7-1-6-15;/h2,4,8H,1,3,5-7,15H2,(H,16,17);1H. The molecular formula is C12H17Cl3N2O. The summed E-state index contributed by atoms with van der Waals surface area (Å²) in [7, 11) is 0. The minimum atomic E-state index is 0. The summed E-state index contributed by atoms with van der Waals surface area (Å²) >= 11 is 11.8. The van der Waals surface area contributed by atoms with Gasteiger partial charge < -0.3 is 11.1 Å². The van der Waals surface area contributed by atoms with Crippen molar-refractivity contribution in [3.63, 3.8) is 0 Å². The number of hydrogen-bond donors (Lipinski definition) is 2. The van der Waals surface area contributed by atoms with E-state index in [9.17, 15) is 4.79 Å². The van der Waals surface area contributed by atoms with Gasteiger partial charge in [0.1, 0.15) is 0 Å². The van der Waals surface area contributed by atoms with E-state index in [0.717, 1.165) is 12.0 Å². The van der Waals surface area contributed by atoms with Crippen molar-refractivity contribution < 1.29 is 4.79 Å². The number of hydrogen-bond acceptors (Lipinski definition) is 2. The third-order valence-electron chi connectivity index (χ3n) is 2.34. The average molecular weight is 312 g/mol. The van der Waals surface area contributed by atoms with Crippen LogP contribution in [0.3, 0.4) is 0 Å². The Morgan fingerprint density at radius 1 is 1.33 bits per heavy atom. The minimum absolute atomic E-state index is 0. The Bertz CT molecular complexity index is 386. The summed E-state index contributed by atoms with van der Waals surface area (Å²) in [5.41, 5.74) is 6.27. The van der Waals surface area contributed by atoms with Crippen molar-refractivity contribution in [3.8, 4) is 0 Å². The minimum Gasteiger partial charge on any atom is -0.356 e. The summed E-state index contributed by atoms with van der Waals surface area (Å²) in [5, 5.41) is 4.00. The molecular weight excluding hydrogens is 295 g/mol. The van der Waals surface area contributed by atoms with Crippen molar-refractivity contribution in [3.05, 3.63) is 33.8 Å². The van der Waals surface area contributed by atoms with E-state index in [4.69, 9.17) is 28.9 Å². The molecule has 3 nitrogen and oxygen atoms in total. The smallest absolute Gasteiger partial charge is 0.220 e. The Morgan fingerprint density at radius 2 is 2.06 bits per heavy atom. The summed E-state index contributed by atoms with van der Waals surface area (Å²) < 4.78 is 0. The summed E-state index contributed by atoms with van der Waals surface area (Å²) in [4.78, 5) is 11.4. The van der Waals surface area contributed by atoms with Crippen molar-refractivity contribution in [2.24, 2.45) is 5.73 Å². The fourth-order valence-electron chi connectivity index (χ4n) is 1.39. The van der Waals surface area contributed by atoms with Gasteiger partial charge in [-0.25, -0.2) is 0 Å². The first kappa shape index (κ1) is 17.5. The summed E-state index contributed by atoms with van der Waals surface area (Å²) in [6.07, 6.45) is 1.84. The molecule has 102 valence electrons. The van der Waals surface area contributed by atoms with Gasteiger partial charge in [0.05, 0.1) is 0 Å². The molecule has 0 saturated carbocycles. The first-order valence-corrected chi connectivity index (χ1v) is 6.29. The van der Waals surface area contributed by atoms with Crippen LogP contribution in [0, 0.1) is 0 Å². The lowest BCUT2D eigenvalue weighted by atomic mass is 10.1. The molecule has 0 aliphatic heterocycles. The number of nitrogens with one attached hydrogen (secondary N) is 1. The molecule has 0 spiro atoms. The van der Waals surface area contributed by atoms with Gasteiger partial charge in [-0.1, -0.05) is 29.3 Å². The molecule has 0 aliphatic carbocycles. The van der Waals surface area contributed by atoms with Crippen LogP contribution >= 0.6 is 35.6 Å². The molecule has 0 unspecified atom stereocenters.